The molecule has 31 heavy (non-hydrogen) atoms. The summed E-state index contributed by atoms with van der Waals surface area (Å²) >= 11 is 0. The first-order chi connectivity index (χ1) is 15.1. The molecule has 0 heterocycles. The molecule has 2 rings (SSSR count). The Bertz CT molecular complexity index is 801. The molecule has 0 saturated heterocycles. The quantitative estimate of drug-likeness (QED) is 0.243. The van der Waals surface area contributed by atoms with Gasteiger partial charge in [0.15, 0.2) is 0 Å². The molecule has 0 unspecified atom stereocenters. The molecule has 0 atom stereocenters. The lowest BCUT2D eigenvalue weighted by molar-refractivity contribution is 0.0436. The summed E-state index contributed by atoms with van der Waals surface area (Å²) in [6, 6.07) is 12.2. The van der Waals surface area contributed by atoms with Crippen molar-refractivity contribution in [3.63, 3.8) is 0 Å². The van der Waals surface area contributed by atoms with Crippen molar-refractivity contribution in [1.82, 2.24) is 0 Å². The monoisotopic (exact) mass is 428 g/mol. The van der Waals surface area contributed by atoms with E-state index in [2.05, 4.69) is 6.92 Å². The predicted molar refractivity (Wildman–Crippen MR) is 119 cm³/mol. The van der Waals surface area contributed by atoms with Crippen molar-refractivity contribution in [3.8, 4) is 0 Å². The molecule has 168 valence electrons. The Hall–Kier alpha value is -2.69. The number of benzene rings is 2. The van der Waals surface area contributed by atoms with Crippen molar-refractivity contribution >= 4 is 11.9 Å². The molecule has 0 bridgehead atoms. The van der Waals surface area contributed by atoms with Gasteiger partial charge in [-0.25, -0.2) is 14.0 Å². The largest absolute Gasteiger partial charge is 0.462 e. The molecule has 0 aromatic heterocycles. The van der Waals surface area contributed by atoms with Gasteiger partial charge in [-0.15, -0.1) is 0 Å². The normalized spacial score (nSPS) is 10.6. The molecule has 4 nitrogen and oxygen atoms in total. The van der Waals surface area contributed by atoms with E-state index in [0.717, 1.165) is 19.3 Å². The van der Waals surface area contributed by atoms with Crippen molar-refractivity contribution in [1.29, 1.82) is 0 Å². The minimum Gasteiger partial charge on any atom is -0.462 e. The fraction of sp³-hybridized carbons (Fsp3) is 0.462. The second kappa shape index (κ2) is 14.3. The number of ether oxygens (including phenoxy) is 2. The molecule has 0 amide bonds. The molecule has 2 aromatic carbocycles. The second-order valence-electron chi connectivity index (χ2n) is 7.71. The molecular formula is C26H33FO4. The summed E-state index contributed by atoms with van der Waals surface area (Å²) in [4.78, 5) is 24.9. The van der Waals surface area contributed by atoms with Crippen LogP contribution in [0.4, 0.5) is 4.39 Å². The van der Waals surface area contributed by atoms with Crippen LogP contribution in [0.5, 0.6) is 0 Å². The SMILES string of the molecule is CCCCCCCCCCCOC(=O)c1ccccc1C(=O)OCc1ccc(F)cc1. The average Bonchev–Trinajstić information content (AvgIpc) is 2.79. The van der Waals surface area contributed by atoms with Crippen LogP contribution < -0.4 is 0 Å². The zero-order valence-corrected chi connectivity index (χ0v) is 18.4. The van der Waals surface area contributed by atoms with Gasteiger partial charge in [0.05, 0.1) is 17.7 Å². The zero-order valence-electron chi connectivity index (χ0n) is 18.4. The third kappa shape index (κ3) is 9.33. The van der Waals surface area contributed by atoms with Crippen LogP contribution in [-0.2, 0) is 16.1 Å². The maximum atomic E-state index is 13.0. The fourth-order valence-corrected chi connectivity index (χ4v) is 3.30. The maximum absolute atomic E-state index is 13.0. The molecule has 0 saturated carbocycles. The van der Waals surface area contributed by atoms with E-state index >= 15 is 0 Å². The third-order valence-electron chi connectivity index (χ3n) is 5.13. The van der Waals surface area contributed by atoms with Crippen molar-refractivity contribution in [3.05, 3.63) is 71.0 Å². The molecular weight excluding hydrogens is 395 g/mol. The molecule has 5 heteroatoms. The molecule has 0 spiro atoms. The number of carbonyl (C=O) groups excluding carboxylic acids is 2. The molecule has 0 fully saturated rings. The Morgan fingerprint density at radius 2 is 1.23 bits per heavy atom. The lowest BCUT2D eigenvalue weighted by Gasteiger charge is -2.10. The Kier molecular flexibility index (Phi) is 11.4. The molecule has 0 aliphatic heterocycles. The highest BCUT2D eigenvalue weighted by Crippen LogP contribution is 2.15. The molecule has 0 aliphatic carbocycles. The molecule has 0 radical (unpaired) electrons. The van der Waals surface area contributed by atoms with Crippen molar-refractivity contribution in [2.24, 2.45) is 0 Å². The van der Waals surface area contributed by atoms with Gasteiger partial charge in [-0.05, 0) is 36.2 Å². The summed E-state index contributed by atoms with van der Waals surface area (Å²) in [5.41, 5.74) is 1.03. The fourth-order valence-electron chi connectivity index (χ4n) is 3.30. The highest BCUT2D eigenvalue weighted by atomic mass is 19.1. The summed E-state index contributed by atoms with van der Waals surface area (Å²) in [6.45, 7) is 2.56. The van der Waals surface area contributed by atoms with Crippen LogP contribution in [0, 0.1) is 5.82 Å². The van der Waals surface area contributed by atoms with E-state index in [4.69, 9.17) is 9.47 Å². The standard InChI is InChI=1S/C26H33FO4/c1-2-3-4-5-6-7-8-9-12-19-30-25(28)23-13-10-11-14-24(23)26(29)31-20-21-15-17-22(27)18-16-21/h10-11,13-18H,2-9,12,19-20H2,1H3. The molecule has 0 aliphatic rings. The van der Waals surface area contributed by atoms with Crippen molar-refractivity contribution in [2.75, 3.05) is 6.61 Å². The van der Waals surface area contributed by atoms with Crippen LogP contribution in [0.15, 0.2) is 48.5 Å². The lowest BCUT2D eigenvalue weighted by Crippen LogP contribution is -2.14. The van der Waals surface area contributed by atoms with Crippen LogP contribution in [0.3, 0.4) is 0 Å². The minimum absolute atomic E-state index is 0.000932. The number of rotatable bonds is 14. The zero-order chi connectivity index (χ0) is 22.3. The summed E-state index contributed by atoms with van der Waals surface area (Å²) in [5, 5.41) is 0. The van der Waals surface area contributed by atoms with Gasteiger partial charge >= 0.3 is 11.9 Å². The van der Waals surface area contributed by atoms with Crippen LogP contribution in [0.25, 0.3) is 0 Å². The summed E-state index contributed by atoms with van der Waals surface area (Å²) in [5.74, 6) is -1.48. The number of hydrogen-bond acceptors (Lipinski definition) is 4. The Balaban J connectivity index is 1.73. The van der Waals surface area contributed by atoms with E-state index in [0.29, 0.717) is 12.2 Å². The Labute approximate surface area is 184 Å². The van der Waals surface area contributed by atoms with Crippen LogP contribution in [0.1, 0.15) is 91.0 Å². The first-order valence-electron chi connectivity index (χ1n) is 11.3. The predicted octanol–water partition coefficient (Wildman–Crippen LogP) is 6.87. The van der Waals surface area contributed by atoms with Gasteiger partial charge in [0, 0.05) is 0 Å². The van der Waals surface area contributed by atoms with E-state index in [1.54, 1.807) is 36.4 Å². The summed E-state index contributed by atoms with van der Waals surface area (Å²) < 4.78 is 23.6. The van der Waals surface area contributed by atoms with Crippen LogP contribution in [0.2, 0.25) is 0 Å². The Morgan fingerprint density at radius 1 is 0.710 bits per heavy atom. The van der Waals surface area contributed by atoms with Gasteiger partial charge in [0.25, 0.3) is 0 Å². The number of unbranched alkanes of at least 4 members (excludes halogenated alkanes) is 8. The third-order valence-corrected chi connectivity index (χ3v) is 5.13. The van der Waals surface area contributed by atoms with E-state index in [1.807, 2.05) is 0 Å². The Morgan fingerprint density at radius 3 is 1.81 bits per heavy atom. The van der Waals surface area contributed by atoms with Gasteiger partial charge in [-0.2, -0.15) is 0 Å². The topological polar surface area (TPSA) is 52.6 Å². The summed E-state index contributed by atoms with van der Waals surface area (Å²) in [6.07, 6.45) is 10.7. The van der Waals surface area contributed by atoms with E-state index in [9.17, 15) is 14.0 Å². The number of halogens is 1. The average molecular weight is 429 g/mol. The highest BCUT2D eigenvalue weighted by molar-refractivity contribution is 6.03. The molecule has 0 N–H and O–H groups in total. The van der Waals surface area contributed by atoms with E-state index in [1.165, 1.54) is 50.7 Å². The van der Waals surface area contributed by atoms with Crippen molar-refractivity contribution < 1.29 is 23.5 Å². The summed E-state index contributed by atoms with van der Waals surface area (Å²) in [7, 11) is 0. The first-order valence-corrected chi connectivity index (χ1v) is 11.3. The van der Waals surface area contributed by atoms with Crippen molar-refractivity contribution in [2.45, 2.75) is 71.3 Å². The van der Waals surface area contributed by atoms with Gasteiger partial charge in [0.1, 0.15) is 12.4 Å². The van der Waals surface area contributed by atoms with Gasteiger partial charge < -0.3 is 9.47 Å². The van der Waals surface area contributed by atoms with Crippen LogP contribution in [-0.4, -0.2) is 18.5 Å². The number of carbonyl (C=O) groups is 2. The number of esters is 2. The maximum Gasteiger partial charge on any atom is 0.339 e. The minimum atomic E-state index is -0.611. The van der Waals surface area contributed by atoms with Gasteiger partial charge in [-0.1, -0.05) is 82.6 Å². The van der Waals surface area contributed by atoms with Crippen LogP contribution >= 0.6 is 0 Å². The van der Waals surface area contributed by atoms with Gasteiger partial charge in [0.2, 0.25) is 0 Å². The first kappa shape index (κ1) is 24.6. The second-order valence-corrected chi connectivity index (χ2v) is 7.71. The lowest BCUT2D eigenvalue weighted by atomic mass is 10.1. The highest BCUT2D eigenvalue weighted by Gasteiger charge is 2.19. The van der Waals surface area contributed by atoms with E-state index < -0.39 is 11.9 Å². The van der Waals surface area contributed by atoms with E-state index in [-0.39, 0.29) is 23.6 Å². The smallest absolute Gasteiger partial charge is 0.339 e. The van der Waals surface area contributed by atoms with Gasteiger partial charge in [-0.3, -0.25) is 0 Å². The molecule has 2 aromatic rings. The number of hydrogen-bond donors (Lipinski definition) is 0.